The van der Waals surface area contributed by atoms with Crippen LogP contribution in [0.1, 0.15) is 19.3 Å². The summed E-state index contributed by atoms with van der Waals surface area (Å²) in [6.07, 6.45) is 5.89. The summed E-state index contributed by atoms with van der Waals surface area (Å²) in [6, 6.07) is 8.48. The van der Waals surface area contributed by atoms with Gasteiger partial charge >= 0.3 is 0 Å². The molecule has 1 aliphatic rings. The predicted molar refractivity (Wildman–Crippen MR) is 75.5 cm³/mol. The van der Waals surface area contributed by atoms with Crippen LogP contribution in [0.4, 0.5) is 5.69 Å². The second kappa shape index (κ2) is 4.65. The second-order valence-electron chi connectivity index (χ2n) is 4.54. The van der Waals surface area contributed by atoms with E-state index < -0.39 is 0 Å². The van der Waals surface area contributed by atoms with Crippen molar-refractivity contribution in [1.82, 2.24) is 4.98 Å². The van der Waals surface area contributed by atoms with Crippen LogP contribution < -0.4 is 4.90 Å². The summed E-state index contributed by atoms with van der Waals surface area (Å²) in [4.78, 5) is 6.93. The summed E-state index contributed by atoms with van der Waals surface area (Å²) in [6.45, 7) is 2.35. The lowest BCUT2D eigenvalue weighted by Crippen LogP contribution is -2.29. The van der Waals surface area contributed by atoms with Gasteiger partial charge in [0, 0.05) is 34.8 Å². The molecule has 1 aliphatic heterocycles. The zero-order chi connectivity index (χ0) is 11.7. The molecule has 1 aromatic heterocycles. The first kappa shape index (κ1) is 11.0. The van der Waals surface area contributed by atoms with Crippen LogP contribution in [0.5, 0.6) is 0 Å². The maximum Gasteiger partial charge on any atom is 0.0734 e. The molecule has 2 heterocycles. The Morgan fingerprint density at radius 1 is 1.06 bits per heavy atom. The molecular formula is C14H15BrN2. The van der Waals surface area contributed by atoms with Gasteiger partial charge in [-0.15, -0.1) is 0 Å². The molecule has 1 fully saturated rings. The standard InChI is InChI=1S/C14H15BrN2/c15-11-4-5-12-13(10-11)16-7-6-14(12)17-8-2-1-3-9-17/h4-7,10H,1-3,8-9H2. The van der Waals surface area contributed by atoms with Gasteiger partial charge in [-0.1, -0.05) is 15.9 Å². The highest BCUT2D eigenvalue weighted by atomic mass is 79.9. The lowest BCUT2D eigenvalue weighted by molar-refractivity contribution is 0.579. The van der Waals surface area contributed by atoms with E-state index in [0.29, 0.717) is 0 Å². The third kappa shape index (κ3) is 2.16. The molecule has 0 unspecified atom stereocenters. The summed E-state index contributed by atoms with van der Waals surface area (Å²) in [5.74, 6) is 0. The Hall–Kier alpha value is -1.09. The van der Waals surface area contributed by atoms with Gasteiger partial charge in [0.2, 0.25) is 0 Å². The van der Waals surface area contributed by atoms with Crippen LogP contribution in [0.2, 0.25) is 0 Å². The number of halogens is 1. The summed E-state index contributed by atoms with van der Waals surface area (Å²) in [7, 11) is 0. The Labute approximate surface area is 110 Å². The van der Waals surface area contributed by atoms with Crippen molar-refractivity contribution < 1.29 is 0 Å². The molecule has 0 amide bonds. The Morgan fingerprint density at radius 3 is 2.71 bits per heavy atom. The minimum atomic E-state index is 1.07. The Balaban J connectivity index is 2.09. The van der Waals surface area contributed by atoms with Gasteiger partial charge in [-0.25, -0.2) is 0 Å². The van der Waals surface area contributed by atoms with E-state index in [2.05, 4.69) is 50.1 Å². The van der Waals surface area contributed by atoms with E-state index >= 15 is 0 Å². The van der Waals surface area contributed by atoms with Crippen molar-refractivity contribution in [3.63, 3.8) is 0 Å². The average molecular weight is 291 g/mol. The Kier molecular flexibility index (Phi) is 3.02. The molecule has 0 aliphatic carbocycles. The maximum atomic E-state index is 4.44. The lowest BCUT2D eigenvalue weighted by Gasteiger charge is -2.29. The number of nitrogens with zero attached hydrogens (tertiary/aromatic N) is 2. The number of hydrogen-bond donors (Lipinski definition) is 0. The minimum absolute atomic E-state index is 1.07. The van der Waals surface area contributed by atoms with E-state index in [9.17, 15) is 0 Å². The Bertz CT molecular complexity index is 533. The third-order valence-corrected chi connectivity index (χ3v) is 3.87. The fraction of sp³-hybridized carbons (Fsp3) is 0.357. The molecule has 1 saturated heterocycles. The van der Waals surface area contributed by atoms with Gasteiger partial charge in [0.05, 0.1) is 5.52 Å². The van der Waals surface area contributed by atoms with Gasteiger partial charge in [-0.3, -0.25) is 4.98 Å². The molecule has 1 aromatic carbocycles. The van der Waals surface area contributed by atoms with Gasteiger partial charge in [-0.2, -0.15) is 0 Å². The smallest absolute Gasteiger partial charge is 0.0734 e. The molecule has 0 radical (unpaired) electrons. The van der Waals surface area contributed by atoms with Crippen LogP contribution in [0.25, 0.3) is 10.9 Å². The molecule has 0 N–H and O–H groups in total. The van der Waals surface area contributed by atoms with E-state index in [1.807, 2.05) is 6.20 Å². The van der Waals surface area contributed by atoms with Crippen LogP contribution in [0.15, 0.2) is 34.9 Å². The summed E-state index contributed by atoms with van der Waals surface area (Å²) in [5, 5.41) is 1.26. The van der Waals surface area contributed by atoms with Crippen LogP contribution in [-0.2, 0) is 0 Å². The second-order valence-corrected chi connectivity index (χ2v) is 5.45. The molecular weight excluding hydrogens is 276 g/mol. The molecule has 2 aromatic rings. The van der Waals surface area contributed by atoms with Crippen LogP contribution in [0, 0.1) is 0 Å². The quantitative estimate of drug-likeness (QED) is 0.790. The van der Waals surface area contributed by atoms with Crippen molar-refractivity contribution >= 4 is 32.5 Å². The monoisotopic (exact) mass is 290 g/mol. The van der Waals surface area contributed by atoms with E-state index in [0.717, 1.165) is 9.99 Å². The minimum Gasteiger partial charge on any atom is -0.371 e. The highest BCUT2D eigenvalue weighted by Gasteiger charge is 2.13. The molecule has 0 saturated carbocycles. The van der Waals surface area contributed by atoms with Gasteiger partial charge < -0.3 is 4.90 Å². The molecule has 3 rings (SSSR count). The van der Waals surface area contributed by atoms with E-state index in [1.165, 1.54) is 43.4 Å². The lowest BCUT2D eigenvalue weighted by atomic mass is 10.1. The number of pyridine rings is 1. The first-order valence-electron chi connectivity index (χ1n) is 6.14. The zero-order valence-corrected chi connectivity index (χ0v) is 11.3. The van der Waals surface area contributed by atoms with Crippen molar-refractivity contribution in [3.8, 4) is 0 Å². The Morgan fingerprint density at radius 2 is 1.88 bits per heavy atom. The normalized spacial score (nSPS) is 16.4. The molecule has 0 spiro atoms. The number of benzene rings is 1. The number of rotatable bonds is 1. The summed E-state index contributed by atoms with van der Waals surface area (Å²) >= 11 is 3.50. The number of aromatic nitrogens is 1. The predicted octanol–water partition coefficient (Wildman–Crippen LogP) is 3.99. The summed E-state index contributed by atoms with van der Waals surface area (Å²) in [5.41, 5.74) is 2.41. The van der Waals surface area contributed by atoms with E-state index in [1.54, 1.807) is 0 Å². The van der Waals surface area contributed by atoms with Gasteiger partial charge in [0.1, 0.15) is 0 Å². The van der Waals surface area contributed by atoms with Gasteiger partial charge in [0.25, 0.3) is 0 Å². The maximum absolute atomic E-state index is 4.44. The van der Waals surface area contributed by atoms with Crippen molar-refractivity contribution in [1.29, 1.82) is 0 Å². The average Bonchev–Trinajstić information content (AvgIpc) is 2.39. The SMILES string of the molecule is Brc1ccc2c(N3CCCCC3)ccnc2c1. The van der Waals surface area contributed by atoms with Crippen LogP contribution >= 0.6 is 15.9 Å². The number of fused-ring (bicyclic) bond motifs is 1. The highest BCUT2D eigenvalue weighted by molar-refractivity contribution is 9.10. The number of piperidine rings is 1. The fourth-order valence-electron chi connectivity index (χ4n) is 2.52. The van der Waals surface area contributed by atoms with Crippen molar-refractivity contribution in [2.75, 3.05) is 18.0 Å². The summed E-state index contributed by atoms with van der Waals surface area (Å²) < 4.78 is 1.09. The zero-order valence-electron chi connectivity index (χ0n) is 9.69. The molecule has 0 bridgehead atoms. The first-order valence-corrected chi connectivity index (χ1v) is 6.93. The van der Waals surface area contributed by atoms with E-state index in [-0.39, 0.29) is 0 Å². The van der Waals surface area contributed by atoms with Gasteiger partial charge in [-0.05, 0) is 43.5 Å². The molecule has 2 nitrogen and oxygen atoms in total. The molecule has 0 atom stereocenters. The van der Waals surface area contributed by atoms with Crippen molar-refractivity contribution in [2.24, 2.45) is 0 Å². The largest absolute Gasteiger partial charge is 0.371 e. The first-order chi connectivity index (χ1) is 8.34. The van der Waals surface area contributed by atoms with Gasteiger partial charge in [0.15, 0.2) is 0 Å². The highest BCUT2D eigenvalue weighted by Crippen LogP contribution is 2.29. The van der Waals surface area contributed by atoms with Crippen LogP contribution in [0.3, 0.4) is 0 Å². The third-order valence-electron chi connectivity index (χ3n) is 3.38. The number of hydrogen-bond acceptors (Lipinski definition) is 2. The fourth-order valence-corrected chi connectivity index (χ4v) is 2.87. The van der Waals surface area contributed by atoms with Crippen LogP contribution in [-0.4, -0.2) is 18.1 Å². The van der Waals surface area contributed by atoms with Crippen molar-refractivity contribution in [3.05, 3.63) is 34.9 Å². The molecule has 88 valence electrons. The van der Waals surface area contributed by atoms with E-state index in [4.69, 9.17) is 0 Å². The topological polar surface area (TPSA) is 16.1 Å². The van der Waals surface area contributed by atoms with Crippen molar-refractivity contribution in [2.45, 2.75) is 19.3 Å². The molecule has 3 heteroatoms. The number of anilines is 1. The molecule has 17 heavy (non-hydrogen) atoms.